The summed E-state index contributed by atoms with van der Waals surface area (Å²) in [6.07, 6.45) is 2.27. The second-order valence-electron chi connectivity index (χ2n) is 3.07. The summed E-state index contributed by atoms with van der Waals surface area (Å²) in [7, 11) is -3.11. The van der Waals surface area contributed by atoms with Gasteiger partial charge in [-0.05, 0) is 18.6 Å². The van der Waals surface area contributed by atoms with Crippen LogP contribution in [0.4, 0.5) is 5.82 Å². The highest BCUT2D eigenvalue weighted by Crippen LogP contribution is 2.23. The maximum Gasteiger partial charge on any atom is 0.236 e. The van der Waals surface area contributed by atoms with Crippen LogP contribution in [0.2, 0.25) is 0 Å². The van der Waals surface area contributed by atoms with Gasteiger partial charge in [-0.25, -0.2) is 13.4 Å². The minimum atomic E-state index is -3.11. The molecule has 0 bridgehead atoms. The molecule has 1 aliphatic rings. The first-order valence-corrected chi connectivity index (χ1v) is 6.62. The van der Waals surface area contributed by atoms with Crippen molar-refractivity contribution in [2.75, 3.05) is 16.6 Å². The number of sulfonamides is 1. The van der Waals surface area contributed by atoms with Crippen LogP contribution in [0.3, 0.4) is 0 Å². The van der Waals surface area contributed by atoms with Crippen molar-refractivity contribution in [2.45, 2.75) is 6.42 Å². The summed E-state index contributed by atoms with van der Waals surface area (Å²) >= 11 is 3.29. The quantitative estimate of drug-likeness (QED) is 0.779. The van der Waals surface area contributed by atoms with Crippen molar-refractivity contribution in [3.8, 4) is 0 Å². The van der Waals surface area contributed by atoms with Crippen LogP contribution in [-0.2, 0) is 10.0 Å². The molecule has 1 fully saturated rings. The van der Waals surface area contributed by atoms with Gasteiger partial charge in [0.1, 0.15) is 5.82 Å². The molecule has 1 aliphatic heterocycles. The highest BCUT2D eigenvalue weighted by molar-refractivity contribution is 9.10. The van der Waals surface area contributed by atoms with Crippen molar-refractivity contribution < 1.29 is 8.42 Å². The minimum Gasteiger partial charge on any atom is -0.254 e. The van der Waals surface area contributed by atoms with Gasteiger partial charge < -0.3 is 0 Å². The Morgan fingerprint density at radius 2 is 2.29 bits per heavy atom. The number of anilines is 1. The Kier molecular flexibility index (Phi) is 2.48. The number of hydrogen-bond donors (Lipinski definition) is 0. The third-order valence-corrected chi connectivity index (χ3v) is 4.40. The molecule has 0 saturated carbocycles. The molecular formula is C8H9BrN2O2S. The van der Waals surface area contributed by atoms with E-state index in [2.05, 4.69) is 20.9 Å². The van der Waals surface area contributed by atoms with E-state index in [4.69, 9.17) is 0 Å². The Bertz CT molecular complexity index is 446. The Labute approximate surface area is 91.1 Å². The summed E-state index contributed by atoms with van der Waals surface area (Å²) in [5, 5.41) is 0. The lowest BCUT2D eigenvalue weighted by Crippen LogP contribution is -2.25. The average molecular weight is 277 g/mol. The summed E-state index contributed by atoms with van der Waals surface area (Å²) in [6, 6.07) is 3.48. The van der Waals surface area contributed by atoms with Crippen LogP contribution < -0.4 is 4.31 Å². The van der Waals surface area contributed by atoms with Crippen LogP contribution in [0.25, 0.3) is 0 Å². The molecule has 2 rings (SSSR count). The van der Waals surface area contributed by atoms with Crippen molar-refractivity contribution in [2.24, 2.45) is 0 Å². The van der Waals surface area contributed by atoms with Crippen molar-refractivity contribution >= 4 is 31.8 Å². The van der Waals surface area contributed by atoms with E-state index in [-0.39, 0.29) is 5.75 Å². The maximum atomic E-state index is 11.5. The fourth-order valence-corrected chi connectivity index (χ4v) is 3.26. The standard InChI is InChI=1S/C8H9BrN2O2S/c9-7-2-3-10-8(6-7)11-4-1-5-14(11,12)13/h2-3,6H,1,4-5H2. The van der Waals surface area contributed by atoms with Gasteiger partial charge in [0.15, 0.2) is 0 Å². The zero-order chi connectivity index (χ0) is 10.2. The van der Waals surface area contributed by atoms with Gasteiger partial charge in [-0.15, -0.1) is 0 Å². The molecule has 1 aromatic heterocycles. The zero-order valence-electron chi connectivity index (χ0n) is 7.35. The number of hydrogen-bond acceptors (Lipinski definition) is 3. The third-order valence-electron chi connectivity index (χ3n) is 2.06. The topological polar surface area (TPSA) is 50.3 Å². The van der Waals surface area contributed by atoms with E-state index in [1.54, 1.807) is 18.3 Å². The number of nitrogens with zero attached hydrogens (tertiary/aromatic N) is 2. The second kappa shape index (κ2) is 3.51. The molecule has 0 atom stereocenters. The van der Waals surface area contributed by atoms with E-state index in [1.165, 1.54) is 4.31 Å². The fourth-order valence-electron chi connectivity index (χ4n) is 1.43. The van der Waals surface area contributed by atoms with Crippen LogP contribution in [0.15, 0.2) is 22.8 Å². The number of pyridine rings is 1. The molecule has 0 aliphatic carbocycles. The zero-order valence-corrected chi connectivity index (χ0v) is 9.75. The summed E-state index contributed by atoms with van der Waals surface area (Å²) in [5.74, 6) is 0.721. The Hall–Kier alpha value is -0.620. The van der Waals surface area contributed by atoms with Gasteiger partial charge in [0, 0.05) is 17.2 Å². The fraction of sp³-hybridized carbons (Fsp3) is 0.375. The SMILES string of the molecule is O=S1(=O)CCCN1c1cc(Br)ccn1. The second-order valence-corrected chi connectivity index (χ2v) is 6.00. The van der Waals surface area contributed by atoms with E-state index in [1.807, 2.05) is 0 Å². The molecule has 0 radical (unpaired) electrons. The first-order chi connectivity index (χ1) is 6.59. The molecule has 0 spiro atoms. The number of rotatable bonds is 1. The molecule has 6 heteroatoms. The van der Waals surface area contributed by atoms with E-state index >= 15 is 0 Å². The van der Waals surface area contributed by atoms with Gasteiger partial charge in [0.05, 0.1) is 5.75 Å². The van der Waals surface area contributed by atoms with E-state index < -0.39 is 10.0 Å². The molecule has 1 aromatic rings. The van der Waals surface area contributed by atoms with Crippen LogP contribution in [0, 0.1) is 0 Å². The van der Waals surface area contributed by atoms with E-state index in [0.717, 1.165) is 4.47 Å². The van der Waals surface area contributed by atoms with E-state index in [0.29, 0.717) is 18.8 Å². The minimum absolute atomic E-state index is 0.223. The molecule has 4 nitrogen and oxygen atoms in total. The van der Waals surface area contributed by atoms with Crippen molar-refractivity contribution in [1.82, 2.24) is 4.98 Å². The van der Waals surface area contributed by atoms with Crippen LogP contribution in [-0.4, -0.2) is 25.7 Å². The predicted octanol–water partition coefficient (Wildman–Crippen LogP) is 1.38. The molecule has 1 saturated heterocycles. The molecule has 76 valence electrons. The Balaban J connectivity index is 2.41. The monoisotopic (exact) mass is 276 g/mol. The van der Waals surface area contributed by atoms with Gasteiger partial charge in [-0.1, -0.05) is 15.9 Å². The predicted molar refractivity (Wildman–Crippen MR) is 57.7 cm³/mol. The Morgan fingerprint density at radius 1 is 1.50 bits per heavy atom. The van der Waals surface area contributed by atoms with Crippen molar-refractivity contribution in [1.29, 1.82) is 0 Å². The van der Waals surface area contributed by atoms with Crippen LogP contribution in [0.1, 0.15) is 6.42 Å². The third kappa shape index (κ3) is 1.76. The Morgan fingerprint density at radius 3 is 2.86 bits per heavy atom. The maximum absolute atomic E-state index is 11.5. The smallest absolute Gasteiger partial charge is 0.236 e. The summed E-state index contributed by atoms with van der Waals surface area (Å²) in [5.41, 5.74) is 0. The number of aromatic nitrogens is 1. The number of halogens is 1. The lowest BCUT2D eigenvalue weighted by Gasteiger charge is -2.15. The van der Waals surface area contributed by atoms with E-state index in [9.17, 15) is 8.42 Å². The van der Waals surface area contributed by atoms with Crippen molar-refractivity contribution in [3.05, 3.63) is 22.8 Å². The molecule has 0 aromatic carbocycles. The molecular weight excluding hydrogens is 268 g/mol. The van der Waals surface area contributed by atoms with Crippen LogP contribution >= 0.6 is 15.9 Å². The lowest BCUT2D eigenvalue weighted by atomic mass is 10.4. The van der Waals surface area contributed by atoms with Crippen molar-refractivity contribution in [3.63, 3.8) is 0 Å². The highest BCUT2D eigenvalue weighted by atomic mass is 79.9. The lowest BCUT2D eigenvalue weighted by molar-refractivity contribution is 0.599. The van der Waals surface area contributed by atoms with Gasteiger partial charge in [0.25, 0.3) is 0 Å². The summed E-state index contributed by atoms with van der Waals surface area (Å²) in [4.78, 5) is 4.03. The molecule has 0 N–H and O–H groups in total. The largest absolute Gasteiger partial charge is 0.254 e. The normalized spacial score (nSPS) is 19.9. The molecule has 2 heterocycles. The average Bonchev–Trinajstić information content (AvgIpc) is 2.45. The van der Waals surface area contributed by atoms with Gasteiger partial charge in [0.2, 0.25) is 10.0 Å². The van der Waals surface area contributed by atoms with Crippen LogP contribution in [0.5, 0.6) is 0 Å². The molecule has 14 heavy (non-hydrogen) atoms. The van der Waals surface area contributed by atoms with Gasteiger partial charge in [-0.2, -0.15) is 0 Å². The highest BCUT2D eigenvalue weighted by Gasteiger charge is 2.29. The summed E-state index contributed by atoms with van der Waals surface area (Å²) in [6.45, 7) is 0.534. The van der Waals surface area contributed by atoms with Gasteiger partial charge >= 0.3 is 0 Å². The summed E-state index contributed by atoms with van der Waals surface area (Å²) < 4.78 is 25.3. The first-order valence-electron chi connectivity index (χ1n) is 4.21. The first kappa shape index (κ1) is 9.92. The van der Waals surface area contributed by atoms with Gasteiger partial charge in [-0.3, -0.25) is 4.31 Å². The molecule has 0 unspecified atom stereocenters. The molecule has 0 amide bonds.